The van der Waals surface area contributed by atoms with Crippen molar-refractivity contribution in [3.8, 4) is 0 Å². The summed E-state index contributed by atoms with van der Waals surface area (Å²) in [5, 5.41) is 12.0. The molecular formula is C27H26ClN3O3. The summed E-state index contributed by atoms with van der Waals surface area (Å²) < 4.78 is 0. The fourth-order valence-electron chi connectivity index (χ4n) is 4.77. The lowest BCUT2D eigenvalue weighted by atomic mass is 9.88. The number of rotatable bonds is 6. The van der Waals surface area contributed by atoms with Crippen molar-refractivity contribution < 1.29 is 14.7 Å². The summed E-state index contributed by atoms with van der Waals surface area (Å²) in [7, 11) is 0. The molecule has 1 fully saturated rings. The maximum Gasteiger partial charge on any atom is 0.265 e. The molecule has 1 atom stereocenters. The van der Waals surface area contributed by atoms with Crippen LogP contribution in [0.15, 0.2) is 78.9 Å². The summed E-state index contributed by atoms with van der Waals surface area (Å²) in [4.78, 5) is 32.6. The summed E-state index contributed by atoms with van der Waals surface area (Å²) >= 11 is 5.93. The normalized spacial score (nSPS) is 20.5. The number of carbonyl (C=O) groups excluding carboxylic acids is 2. The molecule has 2 aliphatic rings. The van der Waals surface area contributed by atoms with Gasteiger partial charge < -0.3 is 10.0 Å². The van der Waals surface area contributed by atoms with Crippen LogP contribution in [0.1, 0.15) is 22.3 Å². The van der Waals surface area contributed by atoms with E-state index in [2.05, 4.69) is 21.9 Å². The molecule has 5 rings (SSSR count). The van der Waals surface area contributed by atoms with Crippen LogP contribution in [0.4, 0.5) is 11.4 Å². The van der Waals surface area contributed by atoms with Gasteiger partial charge in [-0.15, -0.1) is 0 Å². The van der Waals surface area contributed by atoms with E-state index < -0.39 is 11.5 Å². The van der Waals surface area contributed by atoms with Crippen molar-refractivity contribution in [3.05, 3.63) is 95.0 Å². The largest absolute Gasteiger partial charge is 0.375 e. The average molecular weight is 476 g/mol. The molecule has 2 heterocycles. The molecule has 0 bridgehead atoms. The topological polar surface area (TPSA) is 64.1 Å². The summed E-state index contributed by atoms with van der Waals surface area (Å²) in [5.74, 6) is -0.762. The predicted molar refractivity (Wildman–Crippen MR) is 133 cm³/mol. The van der Waals surface area contributed by atoms with Crippen LogP contribution in [0.5, 0.6) is 0 Å². The number of benzene rings is 3. The predicted octanol–water partition coefficient (Wildman–Crippen LogP) is 3.93. The van der Waals surface area contributed by atoms with Crippen LogP contribution in [0.25, 0.3) is 0 Å². The molecule has 0 saturated carbocycles. The Morgan fingerprint density at radius 2 is 1.53 bits per heavy atom. The average Bonchev–Trinajstić information content (AvgIpc) is 3.07. The second-order valence-corrected chi connectivity index (χ2v) is 9.24. The van der Waals surface area contributed by atoms with Gasteiger partial charge >= 0.3 is 0 Å². The smallest absolute Gasteiger partial charge is 0.265 e. The molecule has 0 radical (unpaired) electrons. The van der Waals surface area contributed by atoms with Crippen LogP contribution in [-0.2, 0) is 10.4 Å². The van der Waals surface area contributed by atoms with Gasteiger partial charge in [0, 0.05) is 48.0 Å². The van der Waals surface area contributed by atoms with E-state index in [1.54, 1.807) is 41.3 Å². The Kier molecular flexibility index (Phi) is 6.13. The lowest BCUT2D eigenvalue weighted by Crippen LogP contribution is -2.52. The number of nitrogens with zero attached hydrogens (tertiary/aromatic N) is 3. The molecule has 1 unspecified atom stereocenters. The number of halogens is 1. The number of amides is 1. The van der Waals surface area contributed by atoms with Crippen LogP contribution in [-0.4, -0.2) is 54.5 Å². The molecule has 2 aliphatic heterocycles. The maximum atomic E-state index is 13.5. The number of aliphatic hydroxyl groups is 1. The first-order valence-electron chi connectivity index (χ1n) is 11.4. The molecule has 0 aromatic heterocycles. The van der Waals surface area contributed by atoms with Crippen molar-refractivity contribution in [2.24, 2.45) is 0 Å². The van der Waals surface area contributed by atoms with Crippen LogP contribution in [0.2, 0.25) is 5.02 Å². The Morgan fingerprint density at radius 1 is 0.882 bits per heavy atom. The Morgan fingerprint density at radius 3 is 2.24 bits per heavy atom. The fraction of sp³-hybridized carbons (Fsp3) is 0.259. The van der Waals surface area contributed by atoms with Gasteiger partial charge in [-0.2, -0.15) is 0 Å². The number of anilines is 2. The molecular weight excluding hydrogens is 450 g/mol. The molecule has 1 saturated heterocycles. The van der Waals surface area contributed by atoms with Crippen LogP contribution < -0.4 is 9.80 Å². The van der Waals surface area contributed by atoms with E-state index in [-0.39, 0.29) is 12.2 Å². The fourth-order valence-corrected chi connectivity index (χ4v) is 4.90. The van der Waals surface area contributed by atoms with Gasteiger partial charge in [-0.25, -0.2) is 0 Å². The molecule has 3 aromatic rings. The first-order valence-corrected chi connectivity index (χ1v) is 11.8. The second-order valence-electron chi connectivity index (χ2n) is 8.80. The van der Waals surface area contributed by atoms with E-state index in [1.165, 1.54) is 5.69 Å². The standard InChI is InChI=1S/C27H26ClN3O3/c28-21-12-10-20(11-13-21)25(32)18-27(34)23-8-4-5-9-24(23)31(26(27)33)19-29-14-16-30(17-15-29)22-6-2-1-3-7-22/h1-13,34H,14-19H2. The molecule has 1 N–H and O–H groups in total. The van der Waals surface area contributed by atoms with Gasteiger partial charge in [-0.1, -0.05) is 48.0 Å². The zero-order valence-corrected chi connectivity index (χ0v) is 19.5. The molecule has 174 valence electrons. The minimum Gasteiger partial charge on any atom is -0.375 e. The highest BCUT2D eigenvalue weighted by Gasteiger charge is 2.51. The third-order valence-corrected chi connectivity index (χ3v) is 6.91. The van der Waals surface area contributed by atoms with Gasteiger partial charge in [-0.3, -0.25) is 19.4 Å². The van der Waals surface area contributed by atoms with Gasteiger partial charge in [0.1, 0.15) is 0 Å². The number of fused-ring (bicyclic) bond motifs is 1. The number of hydrogen-bond donors (Lipinski definition) is 1. The number of hydrogen-bond acceptors (Lipinski definition) is 5. The van der Waals surface area contributed by atoms with E-state index in [9.17, 15) is 14.7 Å². The number of carbonyl (C=O) groups is 2. The van der Waals surface area contributed by atoms with Crippen molar-refractivity contribution in [1.82, 2.24) is 4.90 Å². The molecule has 7 heteroatoms. The van der Waals surface area contributed by atoms with Crippen molar-refractivity contribution in [2.75, 3.05) is 42.6 Å². The van der Waals surface area contributed by atoms with Gasteiger partial charge in [0.15, 0.2) is 11.4 Å². The number of Topliss-reactive ketones (excluding diaryl/α,β-unsaturated/α-hetero) is 1. The van der Waals surface area contributed by atoms with E-state index >= 15 is 0 Å². The van der Waals surface area contributed by atoms with E-state index in [0.29, 0.717) is 28.5 Å². The number of ketones is 1. The zero-order valence-electron chi connectivity index (χ0n) is 18.7. The highest BCUT2D eigenvalue weighted by atomic mass is 35.5. The lowest BCUT2D eigenvalue weighted by Gasteiger charge is -2.38. The summed E-state index contributed by atoms with van der Waals surface area (Å²) in [6.07, 6.45) is -0.317. The third-order valence-electron chi connectivity index (χ3n) is 6.66. The van der Waals surface area contributed by atoms with Crippen LogP contribution in [0.3, 0.4) is 0 Å². The number of para-hydroxylation sites is 2. The first-order chi connectivity index (χ1) is 16.5. The van der Waals surface area contributed by atoms with Crippen molar-refractivity contribution >= 4 is 34.7 Å². The zero-order chi connectivity index (χ0) is 23.7. The molecule has 0 spiro atoms. The van der Waals surface area contributed by atoms with Crippen molar-refractivity contribution in [2.45, 2.75) is 12.0 Å². The van der Waals surface area contributed by atoms with Gasteiger partial charge in [0.05, 0.1) is 18.8 Å². The Hall–Kier alpha value is -3.19. The van der Waals surface area contributed by atoms with Gasteiger partial charge in [0.2, 0.25) is 0 Å². The second kappa shape index (κ2) is 9.22. The van der Waals surface area contributed by atoms with E-state index in [0.717, 1.165) is 26.2 Å². The summed E-state index contributed by atoms with van der Waals surface area (Å²) in [6.45, 7) is 3.67. The number of piperazine rings is 1. The molecule has 6 nitrogen and oxygen atoms in total. The highest BCUT2D eigenvalue weighted by molar-refractivity contribution is 6.30. The molecule has 3 aromatic carbocycles. The van der Waals surface area contributed by atoms with E-state index in [1.807, 2.05) is 30.3 Å². The van der Waals surface area contributed by atoms with Crippen LogP contribution >= 0.6 is 11.6 Å². The Balaban J connectivity index is 1.32. The van der Waals surface area contributed by atoms with Gasteiger partial charge in [-0.05, 0) is 42.5 Å². The van der Waals surface area contributed by atoms with Crippen molar-refractivity contribution in [3.63, 3.8) is 0 Å². The lowest BCUT2D eigenvalue weighted by molar-refractivity contribution is -0.136. The summed E-state index contributed by atoms with van der Waals surface area (Å²) in [6, 6.07) is 24.0. The molecule has 0 aliphatic carbocycles. The van der Waals surface area contributed by atoms with Crippen LogP contribution in [0, 0.1) is 0 Å². The molecule has 34 heavy (non-hydrogen) atoms. The SMILES string of the molecule is O=C(CC1(O)C(=O)N(CN2CCN(c3ccccc3)CC2)c2ccccc21)c1ccc(Cl)cc1. The van der Waals surface area contributed by atoms with Gasteiger partial charge in [0.25, 0.3) is 5.91 Å². The van der Waals surface area contributed by atoms with Crippen molar-refractivity contribution in [1.29, 1.82) is 0 Å². The first kappa shape index (κ1) is 22.6. The quantitative estimate of drug-likeness (QED) is 0.547. The maximum absolute atomic E-state index is 13.5. The monoisotopic (exact) mass is 475 g/mol. The third kappa shape index (κ3) is 4.20. The minimum atomic E-state index is -1.89. The Bertz CT molecular complexity index is 1190. The Labute approximate surface area is 204 Å². The minimum absolute atomic E-state index is 0.305. The van der Waals surface area contributed by atoms with E-state index in [4.69, 9.17) is 11.6 Å². The summed E-state index contributed by atoms with van der Waals surface area (Å²) in [5.41, 5.74) is 0.854. The molecule has 1 amide bonds. The highest BCUT2D eigenvalue weighted by Crippen LogP contribution is 2.43.